The van der Waals surface area contributed by atoms with Crippen molar-refractivity contribution in [3.05, 3.63) is 47.5 Å². The zero-order valence-electron chi connectivity index (χ0n) is 9.81. The lowest BCUT2D eigenvalue weighted by atomic mass is 10.3. The van der Waals surface area contributed by atoms with E-state index >= 15 is 0 Å². The molecular formula is C13H13ClN2OS. The maximum Gasteiger partial charge on any atom is 0.118 e. The van der Waals surface area contributed by atoms with Gasteiger partial charge in [-0.2, -0.15) is 0 Å². The van der Waals surface area contributed by atoms with E-state index in [4.69, 9.17) is 22.1 Å². The second-order valence-corrected chi connectivity index (χ2v) is 4.91. The summed E-state index contributed by atoms with van der Waals surface area (Å²) in [5, 5.41) is 0.607. The summed E-state index contributed by atoms with van der Waals surface area (Å²) in [6.45, 7) is 0. The maximum atomic E-state index is 6.07. The minimum atomic E-state index is 0.607. The van der Waals surface area contributed by atoms with Crippen LogP contribution in [0.15, 0.2) is 47.4 Å². The summed E-state index contributed by atoms with van der Waals surface area (Å²) in [6.07, 6.45) is 0. The van der Waals surface area contributed by atoms with Gasteiger partial charge in [0, 0.05) is 10.6 Å². The molecule has 0 aromatic heterocycles. The highest BCUT2D eigenvalue weighted by atomic mass is 35.5. The van der Waals surface area contributed by atoms with Gasteiger partial charge in [-0.1, -0.05) is 11.6 Å². The van der Waals surface area contributed by atoms with Crippen molar-refractivity contribution in [2.75, 3.05) is 17.6 Å². The summed E-state index contributed by atoms with van der Waals surface area (Å²) in [6, 6.07) is 13.2. The molecule has 0 spiro atoms. The molecule has 0 saturated heterocycles. The van der Waals surface area contributed by atoms with Crippen LogP contribution in [0.2, 0.25) is 5.02 Å². The molecular weight excluding hydrogens is 268 g/mol. The first kappa shape index (κ1) is 12.9. The number of methoxy groups -OCH3 is 1. The van der Waals surface area contributed by atoms with Gasteiger partial charge < -0.3 is 15.2 Å². The molecule has 3 nitrogen and oxygen atoms in total. The van der Waals surface area contributed by atoms with Crippen molar-refractivity contribution < 1.29 is 4.74 Å². The average molecular weight is 281 g/mol. The lowest BCUT2D eigenvalue weighted by Gasteiger charge is -2.08. The van der Waals surface area contributed by atoms with Crippen molar-refractivity contribution in [3.63, 3.8) is 0 Å². The topological polar surface area (TPSA) is 47.3 Å². The lowest BCUT2D eigenvalue weighted by molar-refractivity contribution is 0.414. The van der Waals surface area contributed by atoms with Crippen LogP contribution in [-0.2, 0) is 0 Å². The van der Waals surface area contributed by atoms with E-state index in [1.807, 2.05) is 36.4 Å². The third-order valence-corrected chi connectivity index (χ3v) is 3.47. The number of hydrogen-bond donors (Lipinski definition) is 2. The zero-order valence-corrected chi connectivity index (χ0v) is 11.4. The molecule has 0 bridgehead atoms. The lowest BCUT2D eigenvalue weighted by Crippen LogP contribution is -1.90. The number of benzene rings is 2. The molecule has 0 heterocycles. The Labute approximate surface area is 115 Å². The van der Waals surface area contributed by atoms with Crippen LogP contribution in [-0.4, -0.2) is 7.11 Å². The molecule has 0 radical (unpaired) electrons. The number of nitrogen functional groups attached to an aromatic ring is 1. The predicted molar refractivity (Wildman–Crippen MR) is 78.3 cm³/mol. The Bertz CT molecular complexity index is 531. The first-order valence-electron chi connectivity index (χ1n) is 5.31. The van der Waals surface area contributed by atoms with Gasteiger partial charge >= 0.3 is 0 Å². The summed E-state index contributed by atoms with van der Waals surface area (Å²) < 4.78 is 8.28. The Kier molecular flexibility index (Phi) is 4.23. The van der Waals surface area contributed by atoms with Crippen LogP contribution in [0.5, 0.6) is 5.75 Å². The fraction of sp³-hybridized carbons (Fsp3) is 0.0769. The molecule has 0 saturated carbocycles. The standard InChI is InChI=1S/C13H13ClN2OS/c1-17-10-3-5-11(6-4-10)18-16-13-7-2-9(15)8-12(13)14/h2-8,16H,15H2,1H3. The SMILES string of the molecule is COc1ccc(SNc2ccc(N)cc2Cl)cc1. The second-order valence-electron chi connectivity index (χ2n) is 3.62. The quantitative estimate of drug-likeness (QED) is 0.655. The normalized spacial score (nSPS) is 10.1. The number of rotatable bonds is 4. The Hall–Kier alpha value is -1.52. The molecule has 0 atom stereocenters. The molecule has 5 heteroatoms. The van der Waals surface area contributed by atoms with Gasteiger partial charge in [-0.3, -0.25) is 0 Å². The van der Waals surface area contributed by atoms with Crippen LogP contribution in [0.25, 0.3) is 0 Å². The molecule has 2 aromatic carbocycles. The highest BCUT2D eigenvalue weighted by molar-refractivity contribution is 8.00. The first-order valence-corrected chi connectivity index (χ1v) is 6.50. The van der Waals surface area contributed by atoms with Crippen LogP contribution in [0.4, 0.5) is 11.4 Å². The van der Waals surface area contributed by atoms with Crippen LogP contribution in [0, 0.1) is 0 Å². The van der Waals surface area contributed by atoms with Gasteiger partial charge in [0.15, 0.2) is 0 Å². The van der Waals surface area contributed by atoms with Crippen molar-refractivity contribution in [1.29, 1.82) is 0 Å². The smallest absolute Gasteiger partial charge is 0.118 e. The molecule has 0 aliphatic carbocycles. The van der Waals surface area contributed by atoms with E-state index in [1.165, 1.54) is 11.9 Å². The minimum absolute atomic E-state index is 0.607. The van der Waals surface area contributed by atoms with Crippen LogP contribution in [0.1, 0.15) is 0 Å². The summed E-state index contributed by atoms with van der Waals surface area (Å²) >= 11 is 7.55. The third-order valence-electron chi connectivity index (χ3n) is 2.33. The molecule has 94 valence electrons. The fourth-order valence-corrected chi connectivity index (χ4v) is 2.34. The Morgan fingerprint density at radius 1 is 1.17 bits per heavy atom. The average Bonchev–Trinajstić information content (AvgIpc) is 2.38. The largest absolute Gasteiger partial charge is 0.497 e. The number of hydrogen-bond acceptors (Lipinski definition) is 4. The number of ether oxygens (including phenoxy) is 1. The van der Waals surface area contributed by atoms with E-state index in [9.17, 15) is 0 Å². The Morgan fingerprint density at radius 3 is 2.50 bits per heavy atom. The molecule has 0 aliphatic heterocycles. The number of halogens is 1. The van der Waals surface area contributed by atoms with E-state index in [2.05, 4.69) is 4.72 Å². The molecule has 0 fully saturated rings. The number of nitrogens with one attached hydrogen (secondary N) is 1. The minimum Gasteiger partial charge on any atom is -0.497 e. The molecule has 2 rings (SSSR count). The van der Waals surface area contributed by atoms with Crippen LogP contribution in [0.3, 0.4) is 0 Å². The van der Waals surface area contributed by atoms with Gasteiger partial charge in [-0.25, -0.2) is 0 Å². The van der Waals surface area contributed by atoms with Gasteiger partial charge in [0.2, 0.25) is 0 Å². The van der Waals surface area contributed by atoms with Gasteiger partial charge in [-0.05, 0) is 54.4 Å². The van der Waals surface area contributed by atoms with Crippen LogP contribution < -0.4 is 15.2 Å². The highest BCUT2D eigenvalue weighted by Crippen LogP contribution is 2.29. The summed E-state index contributed by atoms with van der Waals surface area (Å²) in [5.41, 5.74) is 7.13. The van der Waals surface area contributed by atoms with Crippen LogP contribution >= 0.6 is 23.5 Å². The van der Waals surface area contributed by atoms with E-state index in [0.29, 0.717) is 10.7 Å². The number of anilines is 2. The molecule has 0 unspecified atom stereocenters. The molecule has 0 aliphatic rings. The van der Waals surface area contributed by atoms with Gasteiger partial charge in [0.25, 0.3) is 0 Å². The van der Waals surface area contributed by atoms with Crippen molar-refractivity contribution in [1.82, 2.24) is 0 Å². The molecule has 0 amide bonds. The van der Waals surface area contributed by atoms with Gasteiger partial charge in [-0.15, -0.1) is 0 Å². The summed E-state index contributed by atoms with van der Waals surface area (Å²) in [5.74, 6) is 0.838. The molecule has 2 aromatic rings. The van der Waals surface area contributed by atoms with Gasteiger partial charge in [0.1, 0.15) is 5.75 Å². The van der Waals surface area contributed by atoms with E-state index in [-0.39, 0.29) is 0 Å². The van der Waals surface area contributed by atoms with E-state index in [0.717, 1.165) is 16.3 Å². The van der Waals surface area contributed by atoms with Crippen molar-refractivity contribution in [2.24, 2.45) is 0 Å². The highest BCUT2D eigenvalue weighted by Gasteiger charge is 2.01. The predicted octanol–water partition coefficient (Wildman–Crippen LogP) is 4.05. The van der Waals surface area contributed by atoms with Gasteiger partial charge in [0.05, 0.1) is 17.8 Å². The molecule has 18 heavy (non-hydrogen) atoms. The van der Waals surface area contributed by atoms with E-state index < -0.39 is 0 Å². The summed E-state index contributed by atoms with van der Waals surface area (Å²) in [7, 11) is 1.65. The fourth-order valence-electron chi connectivity index (χ4n) is 1.37. The Balaban J connectivity index is 2.02. The van der Waals surface area contributed by atoms with Crippen molar-refractivity contribution >= 4 is 34.9 Å². The van der Waals surface area contributed by atoms with Crippen molar-refractivity contribution in [3.8, 4) is 5.75 Å². The second kappa shape index (κ2) is 5.89. The number of nitrogens with two attached hydrogens (primary N) is 1. The maximum absolute atomic E-state index is 6.07. The Morgan fingerprint density at radius 2 is 1.89 bits per heavy atom. The summed E-state index contributed by atoms with van der Waals surface area (Å²) in [4.78, 5) is 1.07. The zero-order chi connectivity index (χ0) is 13.0. The monoisotopic (exact) mass is 280 g/mol. The van der Waals surface area contributed by atoms with E-state index in [1.54, 1.807) is 13.2 Å². The first-order chi connectivity index (χ1) is 8.69. The van der Waals surface area contributed by atoms with Crippen molar-refractivity contribution in [2.45, 2.75) is 4.90 Å². The molecule has 3 N–H and O–H groups in total. The third kappa shape index (κ3) is 3.24.